The van der Waals surface area contributed by atoms with E-state index in [0.29, 0.717) is 6.04 Å². The Morgan fingerprint density at radius 2 is 2.00 bits per heavy atom. The van der Waals surface area contributed by atoms with Crippen LogP contribution in [0.1, 0.15) is 27.7 Å². The van der Waals surface area contributed by atoms with Crippen molar-refractivity contribution < 1.29 is 0 Å². The largest absolute Gasteiger partial charge is 0.313 e. The van der Waals surface area contributed by atoms with Crippen molar-refractivity contribution in [2.75, 3.05) is 20.1 Å². The van der Waals surface area contributed by atoms with Crippen LogP contribution in [-0.4, -0.2) is 36.9 Å². The van der Waals surface area contributed by atoms with E-state index in [1.54, 1.807) is 0 Å². The van der Waals surface area contributed by atoms with E-state index in [9.17, 15) is 0 Å². The van der Waals surface area contributed by atoms with Gasteiger partial charge in [-0.15, -0.1) is 0 Å². The van der Waals surface area contributed by atoms with Crippen molar-refractivity contribution >= 4 is 5.71 Å². The standard InChI is InChI=1S/C9H21N3/c1-8(2)10-6-7-12(5)11-9(3)4/h8,10H,6-7H2,1-5H3. The SMILES string of the molecule is CC(C)=NN(C)CCNC(C)C. The fourth-order valence-electron chi connectivity index (χ4n) is 0.906. The van der Waals surface area contributed by atoms with E-state index in [1.807, 2.05) is 25.9 Å². The Morgan fingerprint density at radius 3 is 2.42 bits per heavy atom. The summed E-state index contributed by atoms with van der Waals surface area (Å²) in [6.07, 6.45) is 0. The maximum atomic E-state index is 4.28. The molecular weight excluding hydrogens is 150 g/mol. The number of hydrogen-bond acceptors (Lipinski definition) is 3. The van der Waals surface area contributed by atoms with Crippen molar-refractivity contribution in [2.45, 2.75) is 33.7 Å². The number of nitrogens with zero attached hydrogens (tertiary/aromatic N) is 2. The molecule has 0 aromatic rings. The van der Waals surface area contributed by atoms with Gasteiger partial charge in [0.15, 0.2) is 0 Å². The second kappa shape index (κ2) is 6.00. The highest BCUT2D eigenvalue weighted by molar-refractivity contribution is 5.78. The van der Waals surface area contributed by atoms with Crippen LogP contribution in [0.3, 0.4) is 0 Å². The molecule has 0 saturated carbocycles. The Kier molecular flexibility index (Phi) is 5.72. The van der Waals surface area contributed by atoms with E-state index in [0.717, 1.165) is 18.8 Å². The molecule has 1 N–H and O–H groups in total. The Balaban J connectivity index is 3.44. The third-order valence-corrected chi connectivity index (χ3v) is 1.36. The fourth-order valence-corrected chi connectivity index (χ4v) is 0.906. The first kappa shape index (κ1) is 11.4. The summed E-state index contributed by atoms with van der Waals surface area (Å²) in [6, 6.07) is 0.560. The van der Waals surface area contributed by atoms with Gasteiger partial charge in [0.05, 0.1) is 0 Å². The van der Waals surface area contributed by atoms with Gasteiger partial charge in [0.2, 0.25) is 0 Å². The van der Waals surface area contributed by atoms with E-state index in [-0.39, 0.29) is 0 Å². The van der Waals surface area contributed by atoms with Crippen LogP contribution in [0.25, 0.3) is 0 Å². The predicted molar refractivity (Wildman–Crippen MR) is 54.6 cm³/mol. The Hall–Kier alpha value is -0.570. The molecule has 0 fully saturated rings. The van der Waals surface area contributed by atoms with Crippen LogP contribution < -0.4 is 5.32 Å². The average Bonchev–Trinajstić information content (AvgIpc) is 1.84. The lowest BCUT2D eigenvalue weighted by atomic mass is 10.4. The van der Waals surface area contributed by atoms with Crippen LogP contribution in [0.5, 0.6) is 0 Å². The van der Waals surface area contributed by atoms with Crippen molar-refractivity contribution in [2.24, 2.45) is 5.10 Å². The molecule has 12 heavy (non-hydrogen) atoms. The lowest BCUT2D eigenvalue weighted by molar-refractivity contribution is 0.344. The van der Waals surface area contributed by atoms with Crippen LogP contribution in [-0.2, 0) is 0 Å². The summed E-state index contributed by atoms with van der Waals surface area (Å²) in [6.45, 7) is 10.3. The van der Waals surface area contributed by atoms with Gasteiger partial charge < -0.3 is 5.32 Å². The van der Waals surface area contributed by atoms with Gasteiger partial charge in [0, 0.05) is 31.9 Å². The lowest BCUT2D eigenvalue weighted by Gasteiger charge is -2.15. The average molecular weight is 171 g/mol. The number of hydrogen-bond donors (Lipinski definition) is 1. The molecule has 0 rings (SSSR count). The lowest BCUT2D eigenvalue weighted by Crippen LogP contribution is -2.31. The molecule has 0 aliphatic heterocycles. The zero-order chi connectivity index (χ0) is 9.56. The zero-order valence-electron chi connectivity index (χ0n) is 8.89. The van der Waals surface area contributed by atoms with Crippen molar-refractivity contribution in [1.82, 2.24) is 10.3 Å². The van der Waals surface area contributed by atoms with E-state index in [2.05, 4.69) is 24.3 Å². The molecule has 0 spiro atoms. The topological polar surface area (TPSA) is 27.6 Å². The van der Waals surface area contributed by atoms with Crippen LogP contribution in [0.15, 0.2) is 5.10 Å². The Labute approximate surface area is 75.8 Å². The third-order valence-electron chi connectivity index (χ3n) is 1.36. The molecule has 3 heteroatoms. The Bertz CT molecular complexity index is 137. The highest BCUT2D eigenvalue weighted by Gasteiger charge is 1.94. The molecule has 0 heterocycles. The monoisotopic (exact) mass is 171 g/mol. The molecule has 0 saturated heterocycles. The molecule has 0 unspecified atom stereocenters. The highest BCUT2D eigenvalue weighted by atomic mass is 15.4. The van der Waals surface area contributed by atoms with Crippen molar-refractivity contribution in [3.8, 4) is 0 Å². The minimum atomic E-state index is 0.560. The van der Waals surface area contributed by atoms with Gasteiger partial charge in [-0.25, -0.2) is 0 Å². The van der Waals surface area contributed by atoms with Gasteiger partial charge in [0.1, 0.15) is 0 Å². The summed E-state index contributed by atoms with van der Waals surface area (Å²) in [5.41, 5.74) is 1.10. The Morgan fingerprint density at radius 1 is 1.42 bits per heavy atom. The molecule has 0 aliphatic rings. The summed E-state index contributed by atoms with van der Waals surface area (Å²) >= 11 is 0. The van der Waals surface area contributed by atoms with E-state index in [1.165, 1.54) is 0 Å². The minimum absolute atomic E-state index is 0.560. The maximum absolute atomic E-state index is 4.28. The van der Waals surface area contributed by atoms with Crippen LogP contribution >= 0.6 is 0 Å². The van der Waals surface area contributed by atoms with E-state index in [4.69, 9.17) is 0 Å². The zero-order valence-corrected chi connectivity index (χ0v) is 8.89. The molecule has 0 aromatic carbocycles. The number of rotatable bonds is 5. The molecule has 0 aliphatic carbocycles. The van der Waals surface area contributed by atoms with Crippen molar-refractivity contribution in [3.63, 3.8) is 0 Å². The second-order valence-electron chi connectivity index (χ2n) is 3.54. The maximum Gasteiger partial charge on any atom is 0.0482 e. The van der Waals surface area contributed by atoms with Gasteiger partial charge in [-0.05, 0) is 13.8 Å². The summed E-state index contributed by atoms with van der Waals surface area (Å²) in [5, 5.41) is 9.59. The van der Waals surface area contributed by atoms with Gasteiger partial charge in [-0.2, -0.15) is 5.10 Å². The fraction of sp³-hybridized carbons (Fsp3) is 0.889. The van der Waals surface area contributed by atoms with Crippen LogP contribution in [0.2, 0.25) is 0 Å². The predicted octanol–water partition coefficient (Wildman–Crippen LogP) is 1.31. The number of likely N-dealkylation sites (N-methyl/N-ethyl adjacent to an activating group) is 1. The van der Waals surface area contributed by atoms with Gasteiger partial charge in [-0.1, -0.05) is 13.8 Å². The van der Waals surface area contributed by atoms with Crippen molar-refractivity contribution in [3.05, 3.63) is 0 Å². The van der Waals surface area contributed by atoms with Crippen LogP contribution in [0, 0.1) is 0 Å². The van der Waals surface area contributed by atoms with Crippen molar-refractivity contribution in [1.29, 1.82) is 0 Å². The van der Waals surface area contributed by atoms with Crippen LogP contribution in [0.4, 0.5) is 0 Å². The summed E-state index contributed by atoms with van der Waals surface area (Å²) in [5.74, 6) is 0. The smallest absolute Gasteiger partial charge is 0.0482 e. The number of hydrazone groups is 1. The van der Waals surface area contributed by atoms with Gasteiger partial charge in [-0.3, -0.25) is 5.01 Å². The third kappa shape index (κ3) is 7.54. The van der Waals surface area contributed by atoms with E-state index < -0.39 is 0 Å². The molecule has 0 amide bonds. The van der Waals surface area contributed by atoms with E-state index >= 15 is 0 Å². The molecular formula is C9H21N3. The summed E-state index contributed by atoms with van der Waals surface area (Å²) in [4.78, 5) is 0. The molecule has 3 nitrogen and oxygen atoms in total. The second-order valence-corrected chi connectivity index (χ2v) is 3.54. The first-order valence-corrected chi connectivity index (χ1v) is 4.48. The highest BCUT2D eigenvalue weighted by Crippen LogP contribution is 1.85. The minimum Gasteiger partial charge on any atom is -0.313 e. The molecule has 72 valence electrons. The molecule has 0 radical (unpaired) electrons. The summed E-state index contributed by atoms with van der Waals surface area (Å²) < 4.78 is 0. The quantitative estimate of drug-likeness (QED) is 0.499. The van der Waals surface area contributed by atoms with Gasteiger partial charge >= 0.3 is 0 Å². The molecule has 0 bridgehead atoms. The number of nitrogens with one attached hydrogen (secondary N) is 1. The molecule has 0 atom stereocenters. The normalized spacial score (nSPS) is 10.2. The summed E-state index contributed by atoms with van der Waals surface area (Å²) in [7, 11) is 2.00. The first-order chi connectivity index (χ1) is 5.52. The van der Waals surface area contributed by atoms with Gasteiger partial charge in [0.25, 0.3) is 0 Å². The molecule has 0 aromatic heterocycles. The first-order valence-electron chi connectivity index (χ1n) is 4.48.